The van der Waals surface area contributed by atoms with Gasteiger partial charge >= 0.3 is 0 Å². The second-order valence-corrected chi connectivity index (χ2v) is 5.92. The summed E-state index contributed by atoms with van der Waals surface area (Å²) in [5.74, 6) is 0. The van der Waals surface area contributed by atoms with Gasteiger partial charge in [0.05, 0.1) is 4.90 Å². The quantitative estimate of drug-likeness (QED) is 0.852. The van der Waals surface area contributed by atoms with E-state index in [1.165, 1.54) is 12.1 Å². The van der Waals surface area contributed by atoms with Gasteiger partial charge in [-0.15, -0.1) is 0 Å². The SMILES string of the molecule is O=S(=O)(NC1CCNC1)c1cccc(Cl)c1. The Morgan fingerprint density at radius 1 is 1.44 bits per heavy atom. The van der Waals surface area contributed by atoms with Gasteiger partial charge in [-0.3, -0.25) is 0 Å². The van der Waals surface area contributed by atoms with Crippen molar-refractivity contribution < 1.29 is 8.42 Å². The van der Waals surface area contributed by atoms with Crippen LogP contribution in [0.25, 0.3) is 0 Å². The van der Waals surface area contributed by atoms with E-state index in [4.69, 9.17) is 11.6 Å². The summed E-state index contributed by atoms with van der Waals surface area (Å²) < 4.78 is 26.5. The second-order valence-electron chi connectivity index (χ2n) is 3.77. The minimum Gasteiger partial charge on any atom is -0.315 e. The van der Waals surface area contributed by atoms with Gasteiger partial charge in [0.15, 0.2) is 0 Å². The smallest absolute Gasteiger partial charge is 0.240 e. The van der Waals surface area contributed by atoms with Crippen LogP contribution in [0.4, 0.5) is 0 Å². The van der Waals surface area contributed by atoms with Gasteiger partial charge in [0, 0.05) is 17.6 Å². The molecule has 4 nitrogen and oxygen atoms in total. The van der Waals surface area contributed by atoms with Gasteiger partial charge in [0.25, 0.3) is 0 Å². The van der Waals surface area contributed by atoms with Crippen LogP contribution in [-0.2, 0) is 10.0 Å². The first-order valence-electron chi connectivity index (χ1n) is 5.06. The highest BCUT2D eigenvalue weighted by Gasteiger charge is 2.22. The molecular formula is C10H13ClN2O2S. The zero-order valence-electron chi connectivity index (χ0n) is 8.61. The summed E-state index contributed by atoms with van der Waals surface area (Å²) in [6.45, 7) is 1.53. The minimum absolute atomic E-state index is 0.0241. The first-order chi connectivity index (χ1) is 7.58. The summed E-state index contributed by atoms with van der Waals surface area (Å²) in [4.78, 5) is 0.215. The molecular weight excluding hydrogens is 248 g/mol. The van der Waals surface area contributed by atoms with E-state index in [0.717, 1.165) is 13.0 Å². The average molecular weight is 261 g/mol. The van der Waals surface area contributed by atoms with Crippen molar-refractivity contribution in [1.82, 2.24) is 10.0 Å². The van der Waals surface area contributed by atoms with Crippen LogP contribution in [0.15, 0.2) is 29.2 Å². The molecule has 16 heavy (non-hydrogen) atoms. The molecule has 1 aliphatic heterocycles. The maximum atomic E-state index is 11.9. The highest BCUT2D eigenvalue weighted by atomic mass is 35.5. The normalized spacial score (nSPS) is 21.2. The van der Waals surface area contributed by atoms with Crippen LogP contribution < -0.4 is 10.0 Å². The molecule has 2 N–H and O–H groups in total. The maximum absolute atomic E-state index is 11.9. The Morgan fingerprint density at radius 2 is 2.25 bits per heavy atom. The van der Waals surface area contributed by atoms with Gasteiger partial charge in [-0.25, -0.2) is 13.1 Å². The van der Waals surface area contributed by atoms with Crippen molar-refractivity contribution >= 4 is 21.6 Å². The first-order valence-corrected chi connectivity index (χ1v) is 6.93. The van der Waals surface area contributed by atoms with Gasteiger partial charge in [0.2, 0.25) is 10.0 Å². The summed E-state index contributed by atoms with van der Waals surface area (Å²) in [6, 6.07) is 6.24. The number of halogens is 1. The molecule has 0 amide bonds. The molecule has 0 spiro atoms. The van der Waals surface area contributed by atoms with Crippen LogP contribution in [-0.4, -0.2) is 27.5 Å². The third-order valence-corrected chi connectivity index (χ3v) is 4.24. The van der Waals surface area contributed by atoms with Crippen molar-refractivity contribution in [2.24, 2.45) is 0 Å². The van der Waals surface area contributed by atoms with E-state index in [9.17, 15) is 8.42 Å². The van der Waals surface area contributed by atoms with E-state index >= 15 is 0 Å². The predicted octanol–water partition coefficient (Wildman–Crippen LogP) is 0.980. The zero-order valence-corrected chi connectivity index (χ0v) is 10.2. The summed E-state index contributed by atoms with van der Waals surface area (Å²) in [7, 11) is -3.44. The molecule has 1 saturated heterocycles. The zero-order chi connectivity index (χ0) is 11.6. The highest BCUT2D eigenvalue weighted by Crippen LogP contribution is 2.16. The highest BCUT2D eigenvalue weighted by molar-refractivity contribution is 7.89. The molecule has 1 unspecified atom stereocenters. The molecule has 1 fully saturated rings. The van der Waals surface area contributed by atoms with Gasteiger partial charge in [-0.2, -0.15) is 0 Å². The number of nitrogens with one attached hydrogen (secondary N) is 2. The molecule has 1 aromatic rings. The minimum atomic E-state index is -3.44. The maximum Gasteiger partial charge on any atom is 0.240 e. The lowest BCUT2D eigenvalue weighted by Crippen LogP contribution is -2.36. The fourth-order valence-electron chi connectivity index (χ4n) is 1.68. The lowest BCUT2D eigenvalue weighted by atomic mass is 10.3. The van der Waals surface area contributed by atoms with Crippen LogP contribution in [0.5, 0.6) is 0 Å². The molecule has 2 rings (SSSR count). The molecule has 88 valence electrons. The third kappa shape index (κ3) is 2.74. The van der Waals surface area contributed by atoms with Crippen LogP contribution in [0.1, 0.15) is 6.42 Å². The standard InChI is InChI=1S/C10H13ClN2O2S/c11-8-2-1-3-10(6-8)16(14,15)13-9-4-5-12-7-9/h1-3,6,9,12-13H,4-5,7H2. The number of sulfonamides is 1. The van der Waals surface area contributed by atoms with E-state index in [1.54, 1.807) is 12.1 Å². The van der Waals surface area contributed by atoms with Gasteiger partial charge in [-0.05, 0) is 31.2 Å². The molecule has 0 bridgehead atoms. The predicted molar refractivity (Wildman–Crippen MR) is 63.0 cm³/mol. The van der Waals surface area contributed by atoms with Gasteiger partial charge in [0.1, 0.15) is 0 Å². The Hall–Kier alpha value is -0.620. The van der Waals surface area contributed by atoms with E-state index < -0.39 is 10.0 Å². The molecule has 0 aromatic heterocycles. The van der Waals surface area contributed by atoms with Crippen molar-refractivity contribution in [1.29, 1.82) is 0 Å². The molecule has 6 heteroatoms. The molecule has 1 heterocycles. The molecule has 0 radical (unpaired) electrons. The Morgan fingerprint density at radius 3 is 2.88 bits per heavy atom. The van der Waals surface area contributed by atoms with Crippen LogP contribution in [0, 0.1) is 0 Å². The van der Waals surface area contributed by atoms with Crippen molar-refractivity contribution in [3.8, 4) is 0 Å². The topological polar surface area (TPSA) is 58.2 Å². The summed E-state index contributed by atoms with van der Waals surface area (Å²) >= 11 is 5.76. The lowest BCUT2D eigenvalue weighted by Gasteiger charge is -2.11. The second kappa shape index (κ2) is 4.71. The number of hydrogen-bond acceptors (Lipinski definition) is 3. The van der Waals surface area contributed by atoms with Crippen LogP contribution >= 0.6 is 11.6 Å². The monoisotopic (exact) mass is 260 g/mol. The number of rotatable bonds is 3. The molecule has 0 aliphatic carbocycles. The van der Waals surface area contributed by atoms with Crippen molar-refractivity contribution in [2.75, 3.05) is 13.1 Å². The Labute approximate surface area is 100 Å². The largest absolute Gasteiger partial charge is 0.315 e. The van der Waals surface area contributed by atoms with Gasteiger partial charge < -0.3 is 5.32 Å². The molecule has 1 atom stereocenters. The third-order valence-electron chi connectivity index (χ3n) is 2.49. The molecule has 0 saturated carbocycles. The lowest BCUT2D eigenvalue weighted by molar-refractivity contribution is 0.560. The fourth-order valence-corrected chi connectivity index (χ4v) is 3.25. The van der Waals surface area contributed by atoms with E-state index in [2.05, 4.69) is 10.0 Å². The number of benzene rings is 1. The first kappa shape index (κ1) is 11.9. The van der Waals surface area contributed by atoms with Crippen molar-refractivity contribution in [2.45, 2.75) is 17.4 Å². The van der Waals surface area contributed by atoms with Crippen molar-refractivity contribution in [3.05, 3.63) is 29.3 Å². The summed E-state index contributed by atoms with van der Waals surface area (Å²) in [5.41, 5.74) is 0. The molecule has 1 aliphatic rings. The van der Waals surface area contributed by atoms with E-state index in [-0.39, 0.29) is 10.9 Å². The van der Waals surface area contributed by atoms with Crippen LogP contribution in [0.3, 0.4) is 0 Å². The Kier molecular flexibility index (Phi) is 3.49. The van der Waals surface area contributed by atoms with Gasteiger partial charge in [-0.1, -0.05) is 17.7 Å². The van der Waals surface area contributed by atoms with E-state index in [1.807, 2.05) is 0 Å². The fraction of sp³-hybridized carbons (Fsp3) is 0.400. The van der Waals surface area contributed by atoms with E-state index in [0.29, 0.717) is 11.6 Å². The average Bonchev–Trinajstić information content (AvgIpc) is 2.70. The Balaban J connectivity index is 2.18. The summed E-state index contributed by atoms with van der Waals surface area (Å²) in [5, 5.41) is 3.53. The van der Waals surface area contributed by atoms with Crippen LogP contribution in [0.2, 0.25) is 5.02 Å². The molecule has 1 aromatic carbocycles. The summed E-state index contributed by atoms with van der Waals surface area (Å²) in [6.07, 6.45) is 0.819. The number of hydrogen-bond donors (Lipinski definition) is 2. The van der Waals surface area contributed by atoms with Crippen molar-refractivity contribution in [3.63, 3.8) is 0 Å². The Bertz CT molecular complexity index is 469.